The summed E-state index contributed by atoms with van der Waals surface area (Å²) in [6, 6.07) is 0. The second kappa shape index (κ2) is 6.85. The molecular weight excluding hydrogens is 377 g/mol. The predicted octanol–water partition coefficient (Wildman–Crippen LogP) is 0.0208. The van der Waals surface area contributed by atoms with Crippen molar-refractivity contribution in [3.05, 3.63) is 0 Å². The third-order valence-corrected chi connectivity index (χ3v) is 2.06. The standard InChI is InChI=1S/C7H10ClN3O2.W/c1-11(2)5-10-7(8)9-4-6(12)13-3;/h5H,1-3H3;. The van der Waals surface area contributed by atoms with E-state index in [9.17, 15) is 4.79 Å². The van der Waals surface area contributed by atoms with E-state index in [-0.39, 0.29) is 9.32 Å². The third-order valence-electron chi connectivity index (χ3n) is 0.949. The Bertz CT molecular complexity index is 289. The molecule has 7 heteroatoms. The van der Waals surface area contributed by atoms with Crippen molar-refractivity contribution in [1.29, 1.82) is 0 Å². The van der Waals surface area contributed by atoms with Gasteiger partial charge in [-0.2, -0.15) is 0 Å². The van der Waals surface area contributed by atoms with Crippen molar-refractivity contribution in [2.45, 2.75) is 0 Å². The zero-order valence-electron chi connectivity index (χ0n) is 8.02. The summed E-state index contributed by atoms with van der Waals surface area (Å²) in [5.41, 5.74) is 0. The maximum absolute atomic E-state index is 10.9. The van der Waals surface area contributed by atoms with Crippen molar-refractivity contribution < 1.29 is 28.9 Å². The molecule has 0 saturated carbocycles. The monoisotopic (exact) mass is 387 g/mol. The first-order valence-electron chi connectivity index (χ1n) is 3.54. The molecule has 0 aromatic heterocycles. The molecule has 0 N–H and O–H groups in total. The summed E-state index contributed by atoms with van der Waals surface area (Å²) < 4.78 is 4.70. The fourth-order valence-electron chi connectivity index (χ4n) is 0.409. The minimum atomic E-state index is -0.488. The van der Waals surface area contributed by atoms with Crippen LogP contribution in [0, 0.1) is 0 Å². The van der Waals surface area contributed by atoms with E-state index in [0.29, 0.717) is 0 Å². The van der Waals surface area contributed by atoms with Crippen LogP contribution in [0.4, 0.5) is 0 Å². The Labute approximate surface area is 98.2 Å². The van der Waals surface area contributed by atoms with Gasteiger partial charge < -0.3 is 0 Å². The number of carbonyl (C=O) groups is 1. The van der Waals surface area contributed by atoms with Crippen molar-refractivity contribution in [1.82, 2.24) is 4.90 Å². The quantitative estimate of drug-likeness (QED) is 0.297. The number of hydrogen-bond donors (Lipinski definition) is 0. The van der Waals surface area contributed by atoms with Crippen LogP contribution in [0.3, 0.4) is 0 Å². The maximum atomic E-state index is 10.9. The summed E-state index contributed by atoms with van der Waals surface area (Å²) in [6.45, 7) is 0. The van der Waals surface area contributed by atoms with Crippen molar-refractivity contribution in [2.75, 3.05) is 21.2 Å². The summed E-state index contributed by atoms with van der Waals surface area (Å²) in [5, 5.41) is 0.00843. The molecule has 0 atom stereocenters. The molecule has 0 saturated heterocycles. The van der Waals surface area contributed by atoms with E-state index in [0.717, 1.165) is 19.4 Å². The summed E-state index contributed by atoms with van der Waals surface area (Å²) in [7, 11) is 4.89. The number of rotatable bonds is 3. The van der Waals surface area contributed by atoms with Crippen LogP contribution in [0.15, 0.2) is 9.98 Å². The van der Waals surface area contributed by atoms with Gasteiger partial charge in [-0.3, -0.25) is 0 Å². The first kappa shape index (κ1) is 13.5. The van der Waals surface area contributed by atoms with Crippen LogP contribution in [0.25, 0.3) is 0 Å². The van der Waals surface area contributed by atoms with Crippen molar-refractivity contribution in [3.63, 3.8) is 0 Å². The van der Waals surface area contributed by atoms with Gasteiger partial charge >= 0.3 is 98.2 Å². The van der Waals surface area contributed by atoms with E-state index in [4.69, 9.17) is 11.6 Å². The van der Waals surface area contributed by atoms with Gasteiger partial charge in [-0.05, 0) is 0 Å². The minimum absolute atomic E-state index is 0.00843. The van der Waals surface area contributed by atoms with E-state index in [2.05, 4.69) is 14.7 Å². The molecule has 0 aliphatic carbocycles. The van der Waals surface area contributed by atoms with Crippen LogP contribution < -0.4 is 0 Å². The van der Waals surface area contributed by atoms with Gasteiger partial charge in [0, 0.05) is 0 Å². The van der Waals surface area contributed by atoms with Gasteiger partial charge in [0.25, 0.3) is 0 Å². The van der Waals surface area contributed by atoms with E-state index in [1.165, 1.54) is 13.4 Å². The zero-order valence-corrected chi connectivity index (χ0v) is 11.7. The Morgan fingerprint density at radius 1 is 1.57 bits per heavy atom. The topological polar surface area (TPSA) is 54.3 Å². The van der Waals surface area contributed by atoms with Crippen LogP contribution in [0.5, 0.6) is 0 Å². The Morgan fingerprint density at radius 2 is 2.14 bits per heavy atom. The number of methoxy groups -OCH3 is 1. The number of halogens is 1. The molecule has 0 aromatic rings. The van der Waals surface area contributed by atoms with Gasteiger partial charge in [-0.1, -0.05) is 0 Å². The average molecular weight is 387 g/mol. The van der Waals surface area contributed by atoms with E-state index >= 15 is 0 Å². The van der Waals surface area contributed by atoms with Gasteiger partial charge in [0.2, 0.25) is 0 Å². The molecule has 0 heterocycles. The Hall–Kier alpha value is -0.542. The van der Waals surface area contributed by atoms with E-state index in [1.807, 2.05) is 0 Å². The van der Waals surface area contributed by atoms with Crippen LogP contribution in [0.1, 0.15) is 0 Å². The number of esters is 1. The van der Waals surface area contributed by atoms with Gasteiger partial charge in [0.15, 0.2) is 0 Å². The molecule has 14 heavy (non-hydrogen) atoms. The number of amidine groups is 1. The summed E-state index contributed by atoms with van der Waals surface area (Å²) in [5.74, 6) is -0.488. The molecule has 0 fully saturated rings. The molecule has 0 unspecified atom stereocenters. The third kappa shape index (κ3) is 6.00. The Balaban J connectivity index is 4.38. The first-order chi connectivity index (χ1) is 6.47. The summed E-state index contributed by atoms with van der Waals surface area (Å²) in [6.07, 6.45) is 1.49. The molecule has 5 nitrogen and oxygen atoms in total. The zero-order chi connectivity index (χ0) is 11.1. The molecule has 0 radical (unpaired) electrons. The van der Waals surface area contributed by atoms with Gasteiger partial charge in [-0.25, -0.2) is 0 Å². The molecule has 0 bridgehead atoms. The normalized spacial score (nSPS) is 11.6. The second-order valence-electron chi connectivity index (χ2n) is 2.39. The Morgan fingerprint density at radius 3 is 2.57 bits per heavy atom. The average Bonchev–Trinajstić information content (AvgIpc) is 2.13. The van der Waals surface area contributed by atoms with Crippen molar-refractivity contribution in [3.8, 4) is 0 Å². The number of hydrogen-bond acceptors (Lipinski definition) is 3. The molecule has 0 aliphatic heterocycles. The summed E-state index contributed by atoms with van der Waals surface area (Å²) >= 11 is 6.51. The molecule has 0 aliphatic rings. The SMILES string of the molecule is COC(=O)[C](=[W])N=C(Cl)N=CN(C)C. The van der Waals surface area contributed by atoms with Crippen LogP contribution in [-0.4, -0.2) is 47.7 Å². The summed E-state index contributed by atoms with van der Waals surface area (Å²) in [4.78, 5) is 20.2. The number of carbonyl (C=O) groups excluding carboxylic acids is 1. The molecule has 0 amide bonds. The number of ether oxygens (including phenoxy) is 1. The molecule has 0 rings (SSSR count). The van der Waals surface area contributed by atoms with Crippen LogP contribution in [-0.2, 0) is 28.9 Å². The van der Waals surface area contributed by atoms with E-state index in [1.54, 1.807) is 19.0 Å². The van der Waals surface area contributed by atoms with Gasteiger partial charge in [-0.15, -0.1) is 0 Å². The molecule has 78 valence electrons. The van der Waals surface area contributed by atoms with Crippen molar-refractivity contribution >= 4 is 33.2 Å². The fraction of sp³-hybridized carbons (Fsp3) is 0.429. The second-order valence-corrected chi connectivity index (χ2v) is 4.11. The number of nitrogens with zero attached hydrogens (tertiary/aromatic N) is 3. The molecular formula is C7H10ClN3O2W. The number of aliphatic imine (C=N–C) groups is 2. The van der Waals surface area contributed by atoms with Crippen molar-refractivity contribution in [2.24, 2.45) is 9.98 Å². The van der Waals surface area contributed by atoms with Crippen LogP contribution >= 0.6 is 11.6 Å². The molecule has 0 aromatic carbocycles. The predicted molar refractivity (Wildman–Crippen MR) is 52.5 cm³/mol. The Kier molecular flexibility index (Phi) is 6.58. The molecule has 0 spiro atoms. The van der Waals surface area contributed by atoms with Gasteiger partial charge in [0.05, 0.1) is 0 Å². The van der Waals surface area contributed by atoms with E-state index < -0.39 is 5.97 Å². The van der Waals surface area contributed by atoms with Crippen LogP contribution in [0.2, 0.25) is 0 Å². The van der Waals surface area contributed by atoms with Gasteiger partial charge in [0.1, 0.15) is 0 Å². The first-order valence-corrected chi connectivity index (χ1v) is 5.39. The fourth-order valence-corrected chi connectivity index (χ4v) is 1.35.